The molecule has 0 aromatic rings. The van der Waals surface area contributed by atoms with Crippen molar-refractivity contribution in [2.24, 2.45) is 11.8 Å². The van der Waals surface area contributed by atoms with E-state index in [0.717, 1.165) is 30.6 Å². The molecule has 0 radical (unpaired) electrons. The number of fused-ring (bicyclic) bond motifs is 1. The van der Waals surface area contributed by atoms with Gasteiger partial charge < -0.3 is 5.32 Å². The summed E-state index contributed by atoms with van der Waals surface area (Å²) in [6.07, 6.45) is 5.05. The number of hydrogen-bond acceptors (Lipinski definition) is 5. The fraction of sp³-hybridized carbons (Fsp3) is 0.833. The van der Waals surface area contributed by atoms with Crippen LogP contribution in [0.3, 0.4) is 0 Å². The van der Waals surface area contributed by atoms with Crippen molar-refractivity contribution >= 4 is 27.7 Å². The molecule has 1 saturated carbocycles. The van der Waals surface area contributed by atoms with Crippen LogP contribution in [0.4, 0.5) is 0 Å². The average Bonchev–Trinajstić information content (AvgIpc) is 2.87. The average molecular weight is 400 g/mol. The maximum absolute atomic E-state index is 12.4. The van der Waals surface area contributed by atoms with Crippen LogP contribution in [0, 0.1) is 11.8 Å². The third-order valence-electron chi connectivity index (χ3n) is 5.91. The molecule has 152 valence electrons. The first-order valence-electron chi connectivity index (χ1n) is 9.96. The fourth-order valence-electron chi connectivity index (χ4n) is 4.47. The summed E-state index contributed by atoms with van der Waals surface area (Å²) < 4.78 is 25.7. The van der Waals surface area contributed by atoms with Crippen LogP contribution in [0.5, 0.6) is 0 Å². The molecular formula is C18H29N3O5S. The SMILES string of the molecule is CCCS(=O)(=O)N1CCC(NC(=O)CN2C(=O)C3CCCCC3C2=O)CC1. The minimum absolute atomic E-state index is 0.124. The van der Waals surface area contributed by atoms with Crippen molar-refractivity contribution in [2.45, 2.75) is 57.9 Å². The van der Waals surface area contributed by atoms with Crippen molar-refractivity contribution in [3.05, 3.63) is 0 Å². The van der Waals surface area contributed by atoms with Gasteiger partial charge in [-0.15, -0.1) is 0 Å². The molecule has 2 unspecified atom stereocenters. The summed E-state index contributed by atoms with van der Waals surface area (Å²) >= 11 is 0. The molecule has 2 aliphatic heterocycles. The van der Waals surface area contributed by atoms with E-state index >= 15 is 0 Å². The van der Waals surface area contributed by atoms with Crippen LogP contribution < -0.4 is 5.32 Å². The van der Waals surface area contributed by atoms with Crippen molar-refractivity contribution in [2.75, 3.05) is 25.4 Å². The Hall–Kier alpha value is -1.48. The number of sulfonamides is 1. The molecule has 27 heavy (non-hydrogen) atoms. The smallest absolute Gasteiger partial charge is 0.240 e. The van der Waals surface area contributed by atoms with Crippen molar-refractivity contribution in [1.82, 2.24) is 14.5 Å². The summed E-state index contributed by atoms with van der Waals surface area (Å²) in [6, 6.07) is -0.124. The van der Waals surface area contributed by atoms with Crippen LogP contribution in [0.1, 0.15) is 51.9 Å². The zero-order chi connectivity index (χ0) is 19.6. The van der Waals surface area contributed by atoms with Crippen LogP contribution in [-0.4, -0.2) is 66.8 Å². The molecule has 3 fully saturated rings. The predicted molar refractivity (Wildman–Crippen MR) is 99.0 cm³/mol. The first kappa shape index (κ1) is 20.3. The maximum Gasteiger partial charge on any atom is 0.240 e. The number of imide groups is 1. The Balaban J connectivity index is 1.49. The monoisotopic (exact) mass is 399 g/mol. The Morgan fingerprint density at radius 1 is 1.04 bits per heavy atom. The van der Waals surface area contributed by atoms with Gasteiger partial charge in [-0.25, -0.2) is 12.7 Å². The highest BCUT2D eigenvalue weighted by Gasteiger charge is 2.48. The van der Waals surface area contributed by atoms with Gasteiger partial charge in [0.25, 0.3) is 0 Å². The Kier molecular flexibility index (Phi) is 6.20. The van der Waals surface area contributed by atoms with Crippen molar-refractivity contribution in [1.29, 1.82) is 0 Å². The molecule has 9 heteroatoms. The summed E-state index contributed by atoms with van der Waals surface area (Å²) in [5.41, 5.74) is 0. The highest BCUT2D eigenvalue weighted by atomic mass is 32.2. The maximum atomic E-state index is 12.4. The number of hydrogen-bond donors (Lipinski definition) is 1. The third-order valence-corrected chi connectivity index (χ3v) is 7.98. The lowest BCUT2D eigenvalue weighted by Crippen LogP contribution is -2.49. The second-order valence-corrected chi connectivity index (χ2v) is 9.91. The molecule has 2 heterocycles. The number of nitrogens with one attached hydrogen (secondary N) is 1. The zero-order valence-corrected chi connectivity index (χ0v) is 16.7. The van der Waals surface area contributed by atoms with Crippen LogP contribution in [0.2, 0.25) is 0 Å². The van der Waals surface area contributed by atoms with Crippen LogP contribution in [0.15, 0.2) is 0 Å². The predicted octanol–water partition coefficient (Wildman–Crippen LogP) is 0.482. The molecule has 3 aliphatic rings. The van der Waals surface area contributed by atoms with Gasteiger partial charge in [0.15, 0.2) is 0 Å². The number of piperidine rings is 1. The summed E-state index contributed by atoms with van der Waals surface area (Å²) in [5, 5.41) is 2.87. The number of carbonyl (C=O) groups excluding carboxylic acids is 3. The van der Waals surface area contributed by atoms with Gasteiger partial charge in [0.2, 0.25) is 27.7 Å². The van der Waals surface area contributed by atoms with E-state index in [1.165, 1.54) is 4.31 Å². The highest BCUT2D eigenvalue weighted by Crippen LogP contribution is 2.37. The second kappa shape index (κ2) is 8.26. The molecule has 8 nitrogen and oxygen atoms in total. The van der Waals surface area contributed by atoms with Gasteiger partial charge in [-0.05, 0) is 32.1 Å². The fourth-order valence-corrected chi connectivity index (χ4v) is 6.01. The normalized spacial score (nSPS) is 27.7. The third kappa shape index (κ3) is 4.34. The summed E-state index contributed by atoms with van der Waals surface area (Å²) in [7, 11) is -3.21. The molecule has 3 amide bonds. The van der Waals surface area contributed by atoms with E-state index in [-0.39, 0.29) is 47.9 Å². The number of carbonyl (C=O) groups is 3. The van der Waals surface area contributed by atoms with E-state index in [2.05, 4.69) is 5.32 Å². The van der Waals surface area contributed by atoms with Gasteiger partial charge in [0.1, 0.15) is 6.54 Å². The first-order chi connectivity index (χ1) is 12.8. The Morgan fingerprint density at radius 2 is 1.59 bits per heavy atom. The zero-order valence-electron chi connectivity index (χ0n) is 15.9. The van der Waals surface area contributed by atoms with E-state index in [0.29, 0.717) is 32.4 Å². The van der Waals surface area contributed by atoms with Gasteiger partial charge in [-0.3, -0.25) is 19.3 Å². The van der Waals surface area contributed by atoms with E-state index in [9.17, 15) is 22.8 Å². The van der Waals surface area contributed by atoms with E-state index in [4.69, 9.17) is 0 Å². The molecule has 0 bridgehead atoms. The largest absolute Gasteiger partial charge is 0.352 e. The van der Waals surface area contributed by atoms with Gasteiger partial charge in [0, 0.05) is 19.1 Å². The van der Waals surface area contributed by atoms with Crippen molar-refractivity contribution in [3.8, 4) is 0 Å². The lowest BCUT2D eigenvalue weighted by molar-refractivity contribution is -0.143. The van der Waals surface area contributed by atoms with Gasteiger partial charge in [0.05, 0.1) is 17.6 Å². The summed E-state index contributed by atoms with van der Waals surface area (Å²) in [4.78, 5) is 38.4. The van der Waals surface area contributed by atoms with Crippen LogP contribution in [-0.2, 0) is 24.4 Å². The number of likely N-dealkylation sites (tertiary alicyclic amines) is 1. The van der Waals surface area contributed by atoms with Gasteiger partial charge in [-0.2, -0.15) is 0 Å². The van der Waals surface area contributed by atoms with Gasteiger partial charge >= 0.3 is 0 Å². The molecule has 3 rings (SSSR count). The molecule has 0 aromatic heterocycles. The lowest BCUT2D eigenvalue weighted by Gasteiger charge is -2.31. The molecule has 1 aliphatic carbocycles. The standard InChI is InChI=1S/C18H29N3O5S/c1-2-11-27(25,26)20-9-7-13(8-10-20)19-16(22)12-21-17(23)14-5-3-4-6-15(14)18(21)24/h13-15H,2-12H2,1H3,(H,19,22). The molecule has 2 atom stereocenters. The summed E-state index contributed by atoms with van der Waals surface area (Å²) in [6.45, 7) is 2.39. The van der Waals surface area contributed by atoms with Crippen molar-refractivity contribution < 1.29 is 22.8 Å². The highest BCUT2D eigenvalue weighted by molar-refractivity contribution is 7.89. The molecule has 0 spiro atoms. The van der Waals surface area contributed by atoms with Crippen molar-refractivity contribution in [3.63, 3.8) is 0 Å². The van der Waals surface area contributed by atoms with Crippen LogP contribution in [0.25, 0.3) is 0 Å². The minimum Gasteiger partial charge on any atom is -0.352 e. The minimum atomic E-state index is -3.21. The lowest BCUT2D eigenvalue weighted by atomic mass is 9.81. The Bertz CT molecular complexity index is 676. The molecular weight excluding hydrogens is 370 g/mol. The first-order valence-corrected chi connectivity index (χ1v) is 11.6. The summed E-state index contributed by atoms with van der Waals surface area (Å²) in [5.74, 6) is -1.10. The quantitative estimate of drug-likeness (QED) is 0.655. The van der Waals surface area contributed by atoms with E-state index in [1.807, 2.05) is 6.92 Å². The number of nitrogens with zero attached hydrogens (tertiary/aromatic N) is 2. The van der Waals surface area contributed by atoms with Crippen LogP contribution >= 0.6 is 0 Å². The molecule has 1 N–H and O–H groups in total. The Labute approximate surface area is 160 Å². The Morgan fingerprint density at radius 3 is 2.11 bits per heavy atom. The number of amides is 3. The van der Waals surface area contributed by atoms with E-state index in [1.54, 1.807) is 0 Å². The topological polar surface area (TPSA) is 104 Å². The van der Waals surface area contributed by atoms with E-state index < -0.39 is 10.0 Å². The number of rotatable bonds is 6. The molecule has 2 saturated heterocycles. The molecule has 0 aromatic carbocycles. The van der Waals surface area contributed by atoms with Gasteiger partial charge in [-0.1, -0.05) is 19.8 Å². The second-order valence-electron chi connectivity index (χ2n) is 7.82.